The van der Waals surface area contributed by atoms with Gasteiger partial charge in [0.25, 0.3) is 0 Å². The zero-order valence-corrected chi connectivity index (χ0v) is 95.8. The van der Waals surface area contributed by atoms with Crippen molar-refractivity contribution in [3.63, 3.8) is 0 Å². The van der Waals surface area contributed by atoms with Crippen molar-refractivity contribution >= 4 is 151 Å². The number of aliphatic imine (C=N–C) groups is 1. The molecule has 139 heavy (non-hydrogen) atoms. The van der Waals surface area contributed by atoms with Gasteiger partial charge in [0.05, 0.1) is 21.9 Å². The molecule has 12 aromatic rings. The van der Waals surface area contributed by atoms with Crippen LogP contribution in [-0.2, 0) is 24.5 Å². The molecule has 25 heteroatoms. The number of unbranched alkanes of at least 4 members (excludes halogenated alkanes) is 3. The van der Waals surface area contributed by atoms with Crippen LogP contribution in [0.5, 0.6) is 23.0 Å². The molecular weight excluding hydrogens is 1980 g/mol. The summed E-state index contributed by atoms with van der Waals surface area (Å²) in [5.41, 5.74) is 4.20. The number of hydrogen-bond acceptors (Lipinski definition) is 13. The first kappa shape index (κ1) is 125. The molecular formula is C114H168BrF3N8O9S3Sn. The molecule has 6 unspecified atom stereocenters. The fourth-order valence-electron chi connectivity index (χ4n) is 16.7. The molecule has 0 aliphatic carbocycles. The molecule has 17 nitrogen and oxygen atoms in total. The monoisotopic (exact) mass is 2150 g/mol. The first-order valence-corrected chi connectivity index (χ1v) is 63.0. The van der Waals surface area contributed by atoms with Crippen molar-refractivity contribution in [2.24, 2.45) is 16.8 Å². The first-order chi connectivity index (χ1) is 66.1. The van der Waals surface area contributed by atoms with Crippen molar-refractivity contribution < 1.29 is 54.7 Å². The Morgan fingerprint density at radius 1 is 0.504 bits per heavy atom. The van der Waals surface area contributed by atoms with Crippen LogP contribution in [0.4, 0.5) is 13.2 Å². The fourth-order valence-corrected chi connectivity index (χ4v) is 33.7. The van der Waals surface area contributed by atoms with Crippen LogP contribution in [0, 0.1) is 37.0 Å². The number of isocyanates is 1. The quantitative estimate of drug-likeness (QED) is 0.00426. The molecule has 0 aliphatic rings. The van der Waals surface area contributed by atoms with Crippen LogP contribution in [0.3, 0.4) is 0 Å². The third kappa shape index (κ3) is 42.5. The van der Waals surface area contributed by atoms with Crippen molar-refractivity contribution in [1.82, 2.24) is 27.8 Å². The van der Waals surface area contributed by atoms with Crippen molar-refractivity contribution in [2.45, 2.75) is 371 Å². The van der Waals surface area contributed by atoms with E-state index in [9.17, 15) is 41.1 Å². The Morgan fingerprint density at radius 2 is 0.871 bits per heavy atom. The van der Waals surface area contributed by atoms with Gasteiger partial charge in [-0.05, 0) is 257 Å². The molecule has 6 atom stereocenters. The summed E-state index contributed by atoms with van der Waals surface area (Å²) in [5, 5.41) is 23.4. The van der Waals surface area contributed by atoms with Crippen LogP contribution in [0.15, 0.2) is 196 Å². The number of halogens is 4. The maximum absolute atomic E-state index is 12.5. The van der Waals surface area contributed by atoms with E-state index in [2.05, 4.69) is 281 Å². The number of aryl methyl sites for hydroxylation is 2. The first-order valence-electron chi connectivity index (χ1n) is 50.5. The minimum Gasteiger partial charge on any atom is -0.508 e. The van der Waals surface area contributed by atoms with E-state index in [4.69, 9.17) is 14.7 Å². The summed E-state index contributed by atoms with van der Waals surface area (Å²) >= 11 is 4.37. The predicted molar refractivity (Wildman–Crippen MR) is 594 cm³/mol. The van der Waals surface area contributed by atoms with Gasteiger partial charge >= 0.3 is 136 Å². The van der Waals surface area contributed by atoms with Gasteiger partial charge < -0.3 is 46.6 Å². The molecule has 0 spiro atoms. The zero-order valence-electron chi connectivity index (χ0n) is 88.9. The molecule has 0 saturated heterocycles. The number of benzene rings is 6. The number of allylic oxidation sites excluding steroid dienone is 1. The van der Waals surface area contributed by atoms with E-state index < -0.39 is 34.0 Å². The van der Waals surface area contributed by atoms with Crippen molar-refractivity contribution in [3.05, 3.63) is 192 Å². The smallest absolute Gasteiger partial charge is 0.508 e. The number of phenolic OH excluding ortho intramolecular Hbond substituents is 1. The van der Waals surface area contributed by atoms with Crippen LogP contribution in [0.2, 0.25) is 13.3 Å². The summed E-state index contributed by atoms with van der Waals surface area (Å²) in [6.45, 7) is 53.0. The summed E-state index contributed by atoms with van der Waals surface area (Å²) in [6, 6.07) is 47.8. The Hall–Kier alpha value is -8.57. The number of fused-ring (bicyclic) bond motifs is 6. The fraction of sp³-hybridized carbons (Fsp3) is 0.526. The van der Waals surface area contributed by atoms with Crippen LogP contribution in [-0.4, -0.2) is 107 Å². The van der Waals surface area contributed by atoms with E-state index in [1.54, 1.807) is 55.6 Å². The Labute approximate surface area is 854 Å². The van der Waals surface area contributed by atoms with Gasteiger partial charge in [-0.2, -0.15) is 26.9 Å². The minimum absolute atomic E-state index is 0.0995. The number of H-pyrrole nitrogens is 1. The molecule has 6 aromatic carbocycles. The second-order valence-corrected chi connectivity index (χ2v) is 55.1. The topological polar surface area (TPSA) is 210 Å². The van der Waals surface area contributed by atoms with Crippen LogP contribution in [0.25, 0.3) is 65.4 Å². The number of esters is 2. The third-order valence-corrected chi connectivity index (χ3v) is 41.2. The number of nitrogens with one attached hydrogen (secondary N) is 1. The molecule has 6 aromatic heterocycles. The van der Waals surface area contributed by atoms with Gasteiger partial charge in [0.1, 0.15) is 17.2 Å². The maximum Gasteiger partial charge on any atom is 0.534 e. The number of hydrogen-bond donors (Lipinski definition) is 2. The van der Waals surface area contributed by atoms with E-state index in [0.717, 1.165) is 64.0 Å². The van der Waals surface area contributed by atoms with Crippen LogP contribution in [0.1, 0.15) is 329 Å². The molecule has 12 rings (SSSR count). The SMILES string of the molecule is C/C=[CH]/[Sn]([CH2]CCC)([CH2]CCC)[CH2]CCC.CC#N.CC(C)N=C=O.CCCC(C)Br.CCCC(C)n1ccc2c(SC)c(OC(=O)CC(C)C)ccc21.CCCC(C)n1ccc2c(SC)c(OS(=O)(=O)C(F)(F)F)ccc21.CCCC(C)n1ccc2cc(C)ccc21.CCCC(C)n1ccc2cc(O)ccc21.CCCC(C)n1ccc2cc(OC(=O)CC(C)C)ccc21.Cc1ccc2[nH]ccc2c1. The maximum atomic E-state index is 12.5. The van der Waals surface area contributed by atoms with Gasteiger partial charge in [-0.15, -0.1) is 23.5 Å². The molecule has 768 valence electrons. The van der Waals surface area contributed by atoms with Crippen molar-refractivity contribution in [1.29, 1.82) is 5.26 Å². The zero-order chi connectivity index (χ0) is 104. The Kier molecular flexibility index (Phi) is 59.4. The summed E-state index contributed by atoms with van der Waals surface area (Å²) in [5.74, 6) is 1.64. The summed E-state index contributed by atoms with van der Waals surface area (Å²) in [7, 11) is -5.69. The Morgan fingerprint density at radius 3 is 1.24 bits per heavy atom. The van der Waals surface area contributed by atoms with Gasteiger partial charge in [-0.25, -0.2) is 9.79 Å². The number of rotatable bonds is 38. The van der Waals surface area contributed by atoms with Gasteiger partial charge in [0, 0.05) is 147 Å². The van der Waals surface area contributed by atoms with Crippen LogP contribution < -0.4 is 13.7 Å². The normalized spacial score (nSPS) is 12.6. The number of thioether (sulfide) groups is 2. The van der Waals surface area contributed by atoms with E-state index in [1.165, 1.54) is 158 Å². The summed E-state index contributed by atoms with van der Waals surface area (Å²) in [6.07, 6.45) is 43.4. The number of ether oxygens (including phenoxy) is 2. The van der Waals surface area contributed by atoms with Crippen molar-refractivity contribution in [3.8, 4) is 29.1 Å². The molecule has 0 aliphatic heterocycles. The molecule has 0 fully saturated rings. The standard InChI is InChI=1S/C19H27NO2S.C18H25NO2.C15H18F3NO3S2.C14H19N.C13H17NO.C9H9N.C5H11Br.C4H7NO.3C4H9.C3H5.C2H3N.Sn/c1-6-7-14(4)20-11-10-15-16(20)8-9-17(19(15)23-5)22-18(21)12-13(2)3;1-5-6-14(4)19-10-9-15-12-16(7-8-17(15)19)21-18(20)11-13(2)3;1-4-5-10(2)19-9-8-11-12(19)6-7-13(14(11)23-3)22-24(20,21)15(16,17)18;1-4-5-12(3)15-9-8-13-10-11(2)6-7-14(13)15;1-3-4-10(2)14-8-7-11-9-12(15)5-6-13(11)14;1-7-2-3-9-8(6-7)4-5-10-9;1-3-4-5(2)6;1-4(2)5-3-6;3*1-3-4-2;1-3-2;1-2-3;/h8-11,13-14H,6-7,12H2,1-5H3;7-10,12-14H,5-6,11H2,1-4H3;6-10H,4-5H2,1-3H3;6-10,12H,4-5H2,1-3H3;5-10,15H,3-4H2,1-2H3;2-6,10H,1H3;5H,3-4H2,1-2H3;4H,1-2H3;3*1,3-4H2,2H3;1,3H,2H3;1H3;. The third-order valence-electron chi connectivity index (χ3n) is 23.6. The van der Waals surface area contributed by atoms with E-state index in [0.29, 0.717) is 81.2 Å². The Balaban J connectivity index is 0.000000411. The largest absolute Gasteiger partial charge is 0.534 e. The van der Waals surface area contributed by atoms with E-state index >= 15 is 0 Å². The van der Waals surface area contributed by atoms with E-state index in [-0.39, 0.29) is 29.8 Å². The number of aromatic amines is 1. The molecule has 0 bridgehead atoms. The molecule has 6 heterocycles. The number of carbonyl (C=O) groups is 2. The second-order valence-electron chi connectivity index (χ2n) is 37.4. The minimum atomic E-state index is -5.69. The number of carbonyl (C=O) groups excluding carboxylic acids is 3. The molecule has 2 N–H and O–H groups in total. The number of aromatic nitrogens is 6. The van der Waals surface area contributed by atoms with Gasteiger partial charge in [-0.3, -0.25) is 9.59 Å². The number of nitriles is 1. The molecule has 0 amide bonds. The number of phenols is 1. The average molecular weight is 2150 g/mol. The summed E-state index contributed by atoms with van der Waals surface area (Å²) in [4.78, 5) is 41.6. The van der Waals surface area contributed by atoms with Crippen molar-refractivity contribution in [2.75, 3.05) is 12.5 Å². The Bertz CT molecular complexity index is 5680. The number of alkyl halides is 4. The molecule has 0 saturated carbocycles. The van der Waals surface area contributed by atoms with Gasteiger partial charge in [-0.1, -0.05) is 154 Å². The van der Waals surface area contributed by atoms with Gasteiger partial charge in [0.2, 0.25) is 6.08 Å². The number of nitrogens with zero attached hydrogens (tertiary/aromatic N) is 7. The van der Waals surface area contributed by atoms with E-state index in [1.807, 2.05) is 101 Å². The second kappa shape index (κ2) is 66.3. The molecule has 0 radical (unpaired) electrons. The number of aromatic hydroxyl groups is 1. The van der Waals surface area contributed by atoms with Gasteiger partial charge in [0.15, 0.2) is 5.75 Å². The average Bonchev–Trinajstić information content (AvgIpc) is 1.63. The summed E-state index contributed by atoms with van der Waals surface area (Å²) < 4.78 is 94.3. The predicted octanol–water partition coefficient (Wildman–Crippen LogP) is 35.9. The van der Waals surface area contributed by atoms with Crippen LogP contribution >= 0.6 is 39.5 Å².